The van der Waals surface area contributed by atoms with E-state index in [9.17, 15) is 14.4 Å². The summed E-state index contributed by atoms with van der Waals surface area (Å²) in [5.74, 6) is -0.210. The van der Waals surface area contributed by atoms with Gasteiger partial charge in [-0.2, -0.15) is 0 Å². The van der Waals surface area contributed by atoms with Gasteiger partial charge in [-0.1, -0.05) is 6.07 Å². The third-order valence-corrected chi connectivity index (χ3v) is 3.60. The van der Waals surface area contributed by atoms with Crippen LogP contribution < -0.4 is 16.0 Å². The molecule has 1 fully saturated rings. The van der Waals surface area contributed by atoms with Crippen LogP contribution in [0.1, 0.15) is 28.8 Å². The molecule has 0 radical (unpaired) electrons. The van der Waals surface area contributed by atoms with Gasteiger partial charge in [-0.05, 0) is 24.1 Å². The predicted molar refractivity (Wildman–Crippen MR) is 72.3 cm³/mol. The Balaban J connectivity index is 1.67. The van der Waals surface area contributed by atoms with Gasteiger partial charge in [-0.15, -0.1) is 0 Å². The van der Waals surface area contributed by atoms with E-state index >= 15 is 0 Å². The Morgan fingerprint density at radius 3 is 2.85 bits per heavy atom. The molecule has 6 nitrogen and oxygen atoms in total. The summed E-state index contributed by atoms with van der Waals surface area (Å²) in [6, 6.07) is 5.17. The molecule has 0 saturated carbocycles. The second kappa shape index (κ2) is 4.96. The van der Waals surface area contributed by atoms with Crippen LogP contribution in [0, 0.1) is 0 Å². The first-order valence-corrected chi connectivity index (χ1v) is 6.62. The highest BCUT2D eigenvalue weighted by atomic mass is 16.2. The van der Waals surface area contributed by atoms with Gasteiger partial charge in [0.25, 0.3) is 5.91 Å². The van der Waals surface area contributed by atoms with E-state index < -0.39 is 0 Å². The second-order valence-corrected chi connectivity index (χ2v) is 5.11. The molecule has 6 heteroatoms. The van der Waals surface area contributed by atoms with Crippen molar-refractivity contribution in [3.8, 4) is 0 Å². The van der Waals surface area contributed by atoms with Crippen molar-refractivity contribution < 1.29 is 14.4 Å². The molecule has 3 N–H and O–H groups in total. The van der Waals surface area contributed by atoms with Gasteiger partial charge in [0.15, 0.2) is 0 Å². The fraction of sp³-hybridized carbons (Fsp3) is 0.357. The van der Waals surface area contributed by atoms with E-state index in [2.05, 4.69) is 16.0 Å². The molecule has 0 bridgehead atoms. The van der Waals surface area contributed by atoms with Gasteiger partial charge in [-0.25, -0.2) is 0 Å². The Morgan fingerprint density at radius 1 is 1.25 bits per heavy atom. The molecule has 1 saturated heterocycles. The van der Waals surface area contributed by atoms with E-state index in [4.69, 9.17) is 0 Å². The summed E-state index contributed by atoms with van der Waals surface area (Å²) in [7, 11) is 0. The molecular weight excluding hydrogens is 258 g/mol. The summed E-state index contributed by atoms with van der Waals surface area (Å²) < 4.78 is 0. The molecule has 0 aliphatic carbocycles. The first-order chi connectivity index (χ1) is 9.61. The number of piperidine rings is 1. The normalized spacial score (nSPS) is 20.9. The Labute approximate surface area is 115 Å². The van der Waals surface area contributed by atoms with Crippen molar-refractivity contribution in [2.75, 3.05) is 11.9 Å². The molecule has 1 aromatic rings. The second-order valence-electron chi connectivity index (χ2n) is 5.11. The van der Waals surface area contributed by atoms with Crippen molar-refractivity contribution in [3.05, 3.63) is 29.3 Å². The molecule has 3 rings (SSSR count). The molecule has 1 aromatic carbocycles. The SMILES string of the molecule is O=C1CCC(NC(=O)c2ccc3c(c2)NC(=O)C3)CN1. The predicted octanol–water partition coefficient (Wildman–Crippen LogP) is 0.190. The summed E-state index contributed by atoms with van der Waals surface area (Å²) in [5, 5.41) is 8.34. The molecular formula is C14H15N3O3. The topological polar surface area (TPSA) is 87.3 Å². The zero-order chi connectivity index (χ0) is 14.1. The third-order valence-electron chi connectivity index (χ3n) is 3.60. The molecule has 3 amide bonds. The summed E-state index contributed by atoms with van der Waals surface area (Å²) in [6.07, 6.45) is 1.45. The van der Waals surface area contributed by atoms with Crippen LogP contribution in [0.2, 0.25) is 0 Å². The van der Waals surface area contributed by atoms with Crippen LogP contribution in [0.15, 0.2) is 18.2 Å². The van der Waals surface area contributed by atoms with Crippen molar-refractivity contribution >= 4 is 23.4 Å². The van der Waals surface area contributed by atoms with Crippen molar-refractivity contribution in [1.29, 1.82) is 0 Å². The summed E-state index contributed by atoms with van der Waals surface area (Å²) in [6.45, 7) is 0.465. The Morgan fingerprint density at radius 2 is 2.10 bits per heavy atom. The highest BCUT2D eigenvalue weighted by Crippen LogP contribution is 2.24. The van der Waals surface area contributed by atoms with Gasteiger partial charge in [0.05, 0.1) is 6.42 Å². The minimum atomic E-state index is -0.185. The van der Waals surface area contributed by atoms with Crippen molar-refractivity contribution in [3.63, 3.8) is 0 Å². The largest absolute Gasteiger partial charge is 0.354 e. The van der Waals surface area contributed by atoms with E-state index in [1.165, 1.54) is 0 Å². The highest BCUT2D eigenvalue weighted by Gasteiger charge is 2.22. The Kier molecular flexibility index (Phi) is 3.14. The summed E-state index contributed by atoms with van der Waals surface area (Å²) >= 11 is 0. The van der Waals surface area contributed by atoms with Crippen LogP contribution in [0.3, 0.4) is 0 Å². The lowest BCUT2D eigenvalue weighted by molar-refractivity contribution is -0.122. The van der Waals surface area contributed by atoms with Crippen LogP contribution in [0.25, 0.3) is 0 Å². The van der Waals surface area contributed by atoms with E-state index in [-0.39, 0.29) is 23.8 Å². The number of fused-ring (bicyclic) bond motifs is 1. The number of carbonyl (C=O) groups is 3. The molecule has 104 valence electrons. The van der Waals surface area contributed by atoms with E-state index in [1.807, 2.05) is 0 Å². The van der Waals surface area contributed by atoms with Crippen LogP contribution in [0.4, 0.5) is 5.69 Å². The molecule has 2 aliphatic heterocycles. The van der Waals surface area contributed by atoms with E-state index in [1.54, 1.807) is 18.2 Å². The molecule has 2 heterocycles. The third kappa shape index (κ3) is 2.49. The number of anilines is 1. The summed E-state index contributed by atoms with van der Waals surface area (Å²) in [5.41, 5.74) is 2.14. The van der Waals surface area contributed by atoms with E-state index in [0.29, 0.717) is 37.1 Å². The first kappa shape index (κ1) is 12.7. The number of benzene rings is 1. The fourth-order valence-electron chi connectivity index (χ4n) is 2.48. The molecule has 0 aromatic heterocycles. The molecule has 1 unspecified atom stereocenters. The number of amides is 3. The first-order valence-electron chi connectivity index (χ1n) is 6.62. The number of hydrogen-bond donors (Lipinski definition) is 3. The van der Waals surface area contributed by atoms with Crippen LogP contribution in [-0.2, 0) is 16.0 Å². The molecule has 1 atom stereocenters. The quantitative estimate of drug-likeness (QED) is 0.719. The molecule has 0 spiro atoms. The number of rotatable bonds is 2. The lowest BCUT2D eigenvalue weighted by Gasteiger charge is -2.23. The zero-order valence-corrected chi connectivity index (χ0v) is 10.9. The molecule has 2 aliphatic rings. The van der Waals surface area contributed by atoms with Crippen LogP contribution >= 0.6 is 0 Å². The maximum Gasteiger partial charge on any atom is 0.251 e. The maximum absolute atomic E-state index is 12.1. The lowest BCUT2D eigenvalue weighted by atomic mass is 10.1. The van der Waals surface area contributed by atoms with Gasteiger partial charge >= 0.3 is 0 Å². The average molecular weight is 273 g/mol. The zero-order valence-electron chi connectivity index (χ0n) is 10.9. The van der Waals surface area contributed by atoms with Gasteiger partial charge in [0, 0.05) is 30.3 Å². The van der Waals surface area contributed by atoms with E-state index in [0.717, 1.165) is 5.56 Å². The minimum Gasteiger partial charge on any atom is -0.354 e. The standard InChI is InChI=1S/C14H15N3O3/c18-12-4-3-10(7-15-12)16-14(20)9-2-1-8-6-13(19)17-11(8)5-9/h1-2,5,10H,3-4,6-7H2,(H,15,18)(H,16,20)(H,17,19). The molecule has 20 heavy (non-hydrogen) atoms. The van der Waals surface area contributed by atoms with Crippen LogP contribution in [0.5, 0.6) is 0 Å². The van der Waals surface area contributed by atoms with Gasteiger partial charge in [0.2, 0.25) is 11.8 Å². The Bertz CT molecular complexity index is 587. The number of carbonyl (C=O) groups excluding carboxylic acids is 3. The number of nitrogens with one attached hydrogen (secondary N) is 3. The smallest absolute Gasteiger partial charge is 0.251 e. The lowest BCUT2D eigenvalue weighted by Crippen LogP contribution is -2.47. The fourth-order valence-corrected chi connectivity index (χ4v) is 2.48. The number of hydrogen-bond acceptors (Lipinski definition) is 3. The van der Waals surface area contributed by atoms with Gasteiger partial charge in [-0.3, -0.25) is 14.4 Å². The maximum atomic E-state index is 12.1. The highest BCUT2D eigenvalue weighted by molar-refractivity contribution is 6.02. The van der Waals surface area contributed by atoms with Crippen molar-refractivity contribution in [1.82, 2.24) is 10.6 Å². The van der Waals surface area contributed by atoms with Crippen molar-refractivity contribution in [2.24, 2.45) is 0 Å². The monoisotopic (exact) mass is 273 g/mol. The Hall–Kier alpha value is -2.37. The van der Waals surface area contributed by atoms with Crippen molar-refractivity contribution in [2.45, 2.75) is 25.3 Å². The van der Waals surface area contributed by atoms with Crippen LogP contribution in [-0.4, -0.2) is 30.3 Å². The minimum absolute atomic E-state index is 0.0238. The van der Waals surface area contributed by atoms with Gasteiger partial charge < -0.3 is 16.0 Å². The van der Waals surface area contributed by atoms with Gasteiger partial charge in [0.1, 0.15) is 0 Å². The average Bonchev–Trinajstić information content (AvgIpc) is 2.80. The summed E-state index contributed by atoms with van der Waals surface area (Å²) in [4.78, 5) is 34.5.